The first kappa shape index (κ1) is 14.3. The number of aromatic nitrogens is 3. The molecule has 4 heterocycles. The summed E-state index contributed by atoms with van der Waals surface area (Å²) in [5, 5.41) is 6.71. The van der Waals surface area contributed by atoms with Crippen LogP contribution in [0.1, 0.15) is 19.8 Å². The Kier molecular flexibility index (Phi) is 4.10. The van der Waals surface area contributed by atoms with Gasteiger partial charge in [0.2, 0.25) is 17.8 Å². The van der Waals surface area contributed by atoms with Crippen molar-refractivity contribution in [3.8, 4) is 0 Å². The van der Waals surface area contributed by atoms with Crippen molar-refractivity contribution in [2.45, 2.75) is 25.8 Å². The predicted molar refractivity (Wildman–Crippen MR) is 84.9 cm³/mol. The van der Waals surface area contributed by atoms with Crippen LogP contribution in [0.3, 0.4) is 0 Å². The smallest absolute Gasteiger partial charge is 0.231 e. The number of anilines is 3. The Balaban J connectivity index is 1.77. The van der Waals surface area contributed by atoms with Crippen molar-refractivity contribution >= 4 is 17.8 Å². The summed E-state index contributed by atoms with van der Waals surface area (Å²) >= 11 is 0. The van der Waals surface area contributed by atoms with E-state index < -0.39 is 0 Å². The summed E-state index contributed by atoms with van der Waals surface area (Å²) in [6, 6.07) is 0.458. The molecule has 7 nitrogen and oxygen atoms in total. The van der Waals surface area contributed by atoms with Gasteiger partial charge in [-0.3, -0.25) is 0 Å². The van der Waals surface area contributed by atoms with E-state index in [9.17, 15) is 0 Å². The van der Waals surface area contributed by atoms with E-state index >= 15 is 0 Å². The van der Waals surface area contributed by atoms with Crippen LogP contribution in [0, 0.1) is 5.92 Å². The second-order valence-corrected chi connectivity index (χ2v) is 6.10. The normalized spacial score (nSPS) is 27.5. The minimum atomic E-state index is 0.458. The van der Waals surface area contributed by atoms with E-state index in [1.807, 2.05) is 25.9 Å². The number of hydrogen-bond acceptors (Lipinski definition) is 7. The van der Waals surface area contributed by atoms with E-state index in [-0.39, 0.29) is 0 Å². The fourth-order valence-corrected chi connectivity index (χ4v) is 3.16. The average molecular weight is 291 g/mol. The van der Waals surface area contributed by atoms with Gasteiger partial charge < -0.3 is 20.4 Å². The quantitative estimate of drug-likeness (QED) is 0.834. The zero-order valence-electron chi connectivity index (χ0n) is 13.1. The molecule has 3 fully saturated rings. The highest BCUT2D eigenvalue weighted by atomic mass is 15.3. The molecular weight excluding hydrogens is 266 g/mol. The van der Waals surface area contributed by atoms with Gasteiger partial charge in [-0.2, -0.15) is 15.0 Å². The minimum absolute atomic E-state index is 0.458. The highest BCUT2D eigenvalue weighted by molar-refractivity contribution is 5.43. The van der Waals surface area contributed by atoms with Gasteiger partial charge in [-0.15, -0.1) is 0 Å². The summed E-state index contributed by atoms with van der Waals surface area (Å²) in [6.45, 7) is 6.43. The maximum atomic E-state index is 4.53. The molecule has 0 spiro atoms. The zero-order chi connectivity index (χ0) is 14.8. The van der Waals surface area contributed by atoms with Crippen LogP contribution in [0.5, 0.6) is 0 Å². The molecule has 4 rings (SSSR count). The topological polar surface area (TPSA) is 69.2 Å². The highest BCUT2D eigenvalue weighted by Gasteiger charge is 2.34. The van der Waals surface area contributed by atoms with Gasteiger partial charge in [-0.05, 0) is 38.8 Å². The highest BCUT2D eigenvalue weighted by Crippen LogP contribution is 2.29. The number of piperidine rings is 3. The van der Waals surface area contributed by atoms with Crippen LogP contribution >= 0.6 is 0 Å². The number of nitrogens with one attached hydrogen (secondary N) is 2. The molecule has 3 aliphatic heterocycles. The molecule has 3 aliphatic rings. The molecule has 2 N–H and O–H groups in total. The van der Waals surface area contributed by atoms with Crippen molar-refractivity contribution in [3.05, 3.63) is 0 Å². The summed E-state index contributed by atoms with van der Waals surface area (Å²) in [7, 11) is 3.90. The first-order valence-electron chi connectivity index (χ1n) is 7.82. The molecular formula is C14H25N7. The SMILES string of the molecule is CCNc1nc(NC2CN3CCC2CC3)nc(N(C)C)n1. The molecule has 7 heteroatoms. The summed E-state index contributed by atoms with van der Waals surface area (Å²) in [5.41, 5.74) is 0. The van der Waals surface area contributed by atoms with Gasteiger partial charge in [-0.1, -0.05) is 0 Å². The van der Waals surface area contributed by atoms with Crippen LogP contribution in [0.15, 0.2) is 0 Å². The number of rotatable bonds is 5. The standard InChI is InChI=1S/C14H25N7/c1-4-15-12-17-13(19-14(18-12)20(2)3)16-11-9-21-7-5-10(11)6-8-21/h10-11H,4-9H2,1-3H3,(H2,15,16,17,18,19). The third kappa shape index (κ3) is 3.18. The Morgan fingerprint density at radius 2 is 1.86 bits per heavy atom. The molecule has 3 saturated heterocycles. The second kappa shape index (κ2) is 6.01. The summed E-state index contributed by atoms with van der Waals surface area (Å²) in [6.07, 6.45) is 2.56. The number of hydrogen-bond donors (Lipinski definition) is 2. The van der Waals surface area contributed by atoms with Gasteiger partial charge in [0.15, 0.2) is 0 Å². The fourth-order valence-electron chi connectivity index (χ4n) is 3.16. The van der Waals surface area contributed by atoms with Crippen LogP contribution in [-0.2, 0) is 0 Å². The van der Waals surface area contributed by atoms with Crippen LogP contribution in [0.4, 0.5) is 17.8 Å². The molecule has 0 amide bonds. The van der Waals surface area contributed by atoms with Crippen LogP contribution in [0.25, 0.3) is 0 Å². The predicted octanol–water partition coefficient (Wildman–Crippen LogP) is 0.875. The molecule has 1 unspecified atom stereocenters. The first-order valence-corrected chi connectivity index (χ1v) is 7.82. The summed E-state index contributed by atoms with van der Waals surface area (Å²) in [4.78, 5) is 17.9. The van der Waals surface area contributed by atoms with E-state index in [1.54, 1.807) is 0 Å². The second-order valence-electron chi connectivity index (χ2n) is 6.10. The first-order chi connectivity index (χ1) is 10.2. The van der Waals surface area contributed by atoms with E-state index in [1.165, 1.54) is 25.9 Å². The lowest BCUT2D eigenvalue weighted by molar-refractivity contribution is 0.0972. The van der Waals surface area contributed by atoms with E-state index in [4.69, 9.17) is 0 Å². The van der Waals surface area contributed by atoms with Crippen LogP contribution in [-0.4, -0.2) is 66.2 Å². The average Bonchev–Trinajstić information content (AvgIpc) is 2.48. The molecule has 2 bridgehead atoms. The Bertz CT molecular complexity index is 482. The molecule has 1 atom stereocenters. The Morgan fingerprint density at radius 3 is 2.43 bits per heavy atom. The van der Waals surface area contributed by atoms with Crippen molar-refractivity contribution in [2.24, 2.45) is 5.92 Å². The van der Waals surface area contributed by atoms with Gasteiger partial charge in [0.25, 0.3) is 0 Å². The van der Waals surface area contributed by atoms with Crippen molar-refractivity contribution < 1.29 is 0 Å². The van der Waals surface area contributed by atoms with E-state index in [0.717, 1.165) is 19.0 Å². The molecule has 116 valence electrons. The lowest BCUT2D eigenvalue weighted by atomic mass is 9.84. The Morgan fingerprint density at radius 1 is 1.14 bits per heavy atom. The third-order valence-corrected chi connectivity index (χ3v) is 4.33. The molecule has 0 saturated carbocycles. The maximum Gasteiger partial charge on any atom is 0.231 e. The van der Waals surface area contributed by atoms with Crippen molar-refractivity contribution in [1.29, 1.82) is 0 Å². The van der Waals surface area contributed by atoms with Crippen molar-refractivity contribution in [3.63, 3.8) is 0 Å². The molecule has 0 aliphatic carbocycles. The van der Waals surface area contributed by atoms with Crippen molar-refractivity contribution in [1.82, 2.24) is 19.9 Å². The van der Waals surface area contributed by atoms with Crippen LogP contribution in [0.2, 0.25) is 0 Å². The van der Waals surface area contributed by atoms with Gasteiger partial charge in [0.05, 0.1) is 0 Å². The summed E-state index contributed by atoms with van der Waals surface area (Å²) < 4.78 is 0. The molecule has 0 aromatic carbocycles. The van der Waals surface area contributed by atoms with E-state index in [0.29, 0.717) is 23.9 Å². The van der Waals surface area contributed by atoms with Crippen LogP contribution < -0.4 is 15.5 Å². The largest absolute Gasteiger partial charge is 0.354 e. The third-order valence-electron chi connectivity index (χ3n) is 4.33. The maximum absolute atomic E-state index is 4.53. The van der Waals surface area contributed by atoms with Gasteiger partial charge >= 0.3 is 0 Å². The molecule has 21 heavy (non-hydrogen) atoms. The zero-order valence-corrected chi connectivity index (χ0v) is 13.1. The van der Waals surface area contributed by atoms with Gasteiger partial charge in [0.1, 0.15) is 0 Å². The fraction of sp³-hybridized carbons (Fsp3) is 0.786. The molecule has 1 aromatic rings. The Labute approximate surface area is 126 Å². The number of fused-ring (bicyclic) bond motifs is 3. The van der Waals surface area contributed by atoms with E-state index in [2.05, 4.69) is 30.5 Å². The summed E-state index contributed by atoms with van der Waals surface area (Å²) in [5.74, 6) is 2.75. The molecule has 0 radical (unpaired) electrons. The van der Waals surface area contributed by atoms with Gasteiger partial charge in [-0.25, -0.2) is 0 Å². The number of nitrogens with zero attached hydrogens (tertiary/aromatic N) is 5. The molecule has 1 aromatic heterocycles. The van der Waals surface area contributed by atoms with Crippen molar-refractivity contribution in [2.75, 3.05) is 55.8 Å². The monoisotopic (exact) mass is 291 g/mol. The lowest BCUT2D eigenvalue weighted by Crippen LogP contribution is -2.53. The minimum Gasteiger partial charge on any atom is -0.354 e. The van der Waals surface area contributed by atoms with Gasteiger partial charge in [0, 0.05) is 33.2 Å². The Hall–Kier alpha value is -1.63. The lowest BCUT2D eigenvalue weighted by Gasteiger charge is -2.44.